The van der Waals surface area contributed by atoms with E-state index in [4.69, 9.17) is 87.6 Å². The van der Waals surface area contributed by atoms with Crippen molar-refractivity contribution in [3.8, 4) is 0 Å². The van der Waals surface area contributed by atoms with Crippen LogP contribution in [0, 0.1) is 0 Å². The fourth-order valence-electron chi connectivity index (χ4n) is 0. The zero-order chi connectivity index (χ0) is 22.5. The van der Waals surface area contributed by atoms with Crippen molar-refractivity contribution < 1.29 is 87.6 Å². The fraction of sp³-hybridized carbons (Fsp3) is 0. The topological polar surface area (TPSA) is 401 Å². The Morgan fingerprint density at radius 2 is 0.276 bits per heavy atom. The second-order valence-corrected chi connectivity index (χ2v) is 6.12. The van der Waals surface area contributed by atoms with Gasteiger partial charge in [-0.2, -0.15) is 0 Å². The third-order valence-electron chi connectivity index (χ3n) is 0. The van der Waals surface area contributed by atoms with Gasteiger partial charge in [0.05, 0.1) is 0 Å². The summed E-state index contributed by atoms with van der Waals surface area (Å²) in [5, 5.41) is 0. The standard InChI is InChI=1S/2Al.2Ca.5H2O4S/c;;;;5*1-5(2,3)4/h;;;;5*(H2,1,2,3,4)/q2*+3;2*+2;;;;;/p-10. The van der Waals surface area contributed by atoms with Crippen LogP contribution in [-0.4, -0.2) is 198 Å². The molecular weight excluding hydrogens is 614 g/mol. The van der Waals surface area contributed by atoms with Gasteiger partial charge in [0.1, 0.15) is 0 Å². The Balaban J connectivity index is -0.0000000238. The minimum Gasteiger partial charge on any atom is -0.759 e. The molecule has 29 heavy (non-hydrogen) atoms. The Morgan fingerprint density at radius 1 is 0.276 bits per heavy atom. The summed E-state index contributed by atoms with van der Waals surface area (Å²) in [6, 6.07) is 0. The van der Waals surface area contributed by atoms with Crippen LogP contribution in [0.1, 0.15) is 0 Å². The first-order valence-electron chi connectivity index (χ1n) is 3.33. The van der Waals surface area contributed by atoms with Gasteiger partial charge < -0.3 is 45.5 Å². The van der Waals surface area contributed by atoms with Crippen LogP contribution in [0.3, 0.4) is 0 Å². The van der Waals surface area contributed by atoms with E-state index >= 15 is 0 Å². The van der Waals surface area contributed by atoms with Gasteiger partial charge in [-0.25, -0.2) is 0 Å². The second-order valence-electron chi connectivity index (χ2n) is 2.04. The van der Waals surface area contributed by atoms with Gasteiger partial charge in [0.25, 0.3) is 0 Å². The molecule has 0 rings (SSSR count). The summed E-state index contributed by atoms with van der Waals surface area (Å²) in [6.45, 7) is 0. The molecule has 0 aromatic carbocycles. The zero-order valence-electron chi connectivity index (χ0n) is 12.8. The summed E-state index contributed by atoms with van der Waals surface area (Å²) in [5.74, 6) is 0. The first-order valence-corrected chi connectivity index (χ1v) is 10.0. The van der Waals surface area contributed by atoms with Crippen molar-refractivity contribution in [1.29, 1.82) is 0 Å². The molecule has 0 aliphatic rings. The molecule has 0 radical (unpaired) electrons. The molecule has 160 valence electrons. The maximum absolute atomic E-state index is 8.52. The average molecular weight is 614 g/mol. The molecule has 0 unspecified atom stereocenters. The number of rotatable bonds is 0. The van der Waals surface area contributed by atoms with Gasteiger partial charge in [-0.05, 0) is 0 Å². The Hall–Kier alpha value is 2.93. The third-order valence-corrected chi connectivity index (χ3v) is 0. The Kier molecular flexibility index (Phi) is 51.2. The van der Waals surface area contributed by atoms with Crippen molar-refractivity contribution in [3.05, 3.63) is 0 Å². The molecule has 29 heteroatoms. The van der Waals surface area contributed by atoms with Crippen LogP contribution >= 0.6 is 0 Å². The quantitative estimate of drug-likeness (QED) is 0.139. The summed E-state index contributed by atoms with van der Waals surface area (Å²) in [6.07, 6.45) is 0. The van der Waals surface area contributed by atoms with Crippen LogP contribution in [0.15, 0.2) is 0 Å². The van der Waals surface area contributed by atoms with Gasteiger partial charge >= 0.3 is 110 Å². The number of hydrogen-bond acceptors (Lipinski definition) is 20. The smallest absolute Gasteiger partial charge is 0.759 e. The molecular formula is Al2Ca2O20S5. The minimum atomic E-state index is -5.17. The van der Waals surface area contributed by atoms with Gasteiger partial charge in [-0.3, -0.25) is 42.1 Å². The maximum Gasteiger partial charge on any atom is 3.00 e. The molecule has 0 saturated carbocycles. The average Bonchev–Trinajstić information content (AvgIpc) is 1.79. The predicted molar refractivity (Wildman–Crippen MR) is 75.4 cm³/mol. The van der Waals surface area contributed by atoms with Gasteiger partial charge in [-0.1, -0.05) is 0 Å². The SMILES string of the molecule is O=S(=O)([O-])[O-].O=S(=O)([O-])[O-].O=S(=O)([O-])[O-].O=S(=O)([O-])[O-].O=S(=O)([O-])[O-].[Al+3].[Al+3].[Ca+2].[Ca+2]. The molecule has 20 nitrogen and oxygen atoms in total. The van der Waals surface area contributed by atoms with Crippen molar-refractivity contribution in [2.75, 3.05) is 0 Å². The van der Waals surface area contributed by atoms with E-state index in [-0.39, 0.29) is 110 Å². The summed E-state index contributed by atoms with van der Waals surface area (Å²) >= 11 is 0. The van der Waals surface area contributed by atoms with Gasteiger partial charge in [-0.15, -0.1) is 0 Å². The largest absolute Gasteiger partial charge is 3.00 e. The monoisotopic (exact) mass is 614 g/mol. The fourth-order valence-corrected chi connectivity index (χ4v) is 0. The van der Waals surface area contributed by atoms with E-state index in [1.54, 1.807) is 0 Å². The summed E-state index contributed by atoms with van der Waals surface area (Å²) < 4.78 is 170. The predicted octanol–water partition coefficient (Wildman–Crippen LogP) is -8.21. The second kappa shape index (κ2) is 25.6. The van der Waals surface area contributed by atoms with Crippen molar-refractivity contribution in [1.82, 2.24) is 0 Å². The molecule has 0 N–H and O–H groups in total. The first-order chi connectivity index (χ1) is 10.0. The zero-order valence-corrected chi connectivity index (χ0v) is 23.6. The molecule has 0 bridgehead atoms. The molecule has 0 saturated heterocycles. The van der Waals surface area contributed by atoms with Crippen molar-refractivity contribution in [3.63, 3.8) is 0 Å². The van der Waals surface area contributed by atoms with Crippen LogP contribution in [0.5, 0.6) is 0 Å². The van der Waals surface area contributed by atoms with Crippen molar-refractivity contribution in [2.45, 2.75) is 0 Å². The van der Waals surface area contributed by atoms with E-state index in [1.165, 1.54) is 0 Å². The third kappa shape index (κ3) is 3010. The summed E-state index contributed by atoms with van der Waals surface area (Å²) in [4.78, 5) is 0. The molecule has 0 amide bonds. The molecule has 0 atom stereocenters. The van der Waals surface area contributed by atoms with Gasteiger partial charge in [0, 0.05) is 52.0 Å². The van der Waals surface area contributed by atoms with Crippen LogP contribution in [0.2, 0.25) is 0 Å². The molecule has 0 aliphatic carbocycles. The van der Waals surface area contributed by atoms with E-state index < -0.39 is 52.0 Å². The van der Waals surface area contributed by atoms with E-state index in [9.17, 15) is 0 Å². The molecule has 0 spiro atoms. The normalized spacial score (nSPS) is 10.0. The molecule has 0 aromatic heterocycles. The number of hydrogen-bond donors (Lipinski definition) is 0. The van der Waals surface area contributed by atoms with Crippen LogP contribution in [0.4, 0.5) is 0 Å². The van der Waals surface area contributed by atoms with Crippen LogP contribution in [-0.2, 0) is 52.0 Å². The minimum absolute atomic E-state index is 0. The van der Waals surface area contributed by atoms with Gasteiger partial charge in [0.15, 0.2) is 0 Å². The van der Waals surface area contributed by atoms with E-state index in [2.05, 4.69) is 0 Å². The van der Waals surface area contributed by atoms with Crippen molar-refractivity contribution in [2.24, 2.45) is 0 Å². The van der Waals surface area contributed by atoms with Crippen LogP contribution < -0.4 is 0 Å². The van der Waals surface area contributed by atoms with Crippen LogP contribution in [0.25, 0.3) is 0 Å². The van der Waals surface area contributed by atoms with E-state index in [0.29, 0.717) is 0 Å². The Bertz CT molecular complexity index is 629. The first kappa shape index (κ1) is 58.1. The molecule has 0 aliphatic heterocycles. The molecule has 0 heterocycles. The Morgan fingerprint density at radius 3 is 0.276 bits per heavy atom. The van der Waals surface area contributed by atoms with E-state index in [0.717, 1.165) is 0 Å². The summed E-state index contributed by atoms with van der Waals surface area (Å²) in [5.41, 5.74) is 0. The summed E-state index contributed by atoms with van der Waals surface area (Å²) in [7, 11) is -25.8. The maximum atomic E-state index is 8.52. The molecule has 0 fully saturated rings. The van der Waals surface area contributed by atoms with Gasteiger partial charge in [0.2, 0.25) is 0 Å². The Labute approximate surface area is 246 Å². The van der Waals surface area contributed by atoms with E-state index in [1.807, 2.05) is 0 Å². The molecule has 0 aromatic rings. The van der Waals surface area contributed by atoms with Crippen molar-refractivity contribution >= 4 is 162 Å².